The lowest BCUT2D eigenvalue weighted by atomic mass is 10.1. The molecule has 2 N–H and O–H groups in total. The maximum absolute atomic E-state index is 12.6. The Bertz CT molecular complexity index is 389. The SMILES string of the molecule is CC[C@@H](NC(=O)c1ccc(F)cc1)C(=O)O. The lowest BCUT2D eigenvalue weighted by Gasteiger charge is -2.11. The van der Waals surface area contributed by atoms with Gasteiger partial charge in [0, 0.05) is 5.56 Å². The molecule has 1 aromatic rings. The molecule has 0 aromatic heterocycles. The molecule has 1 aromatic carbocycles. The summed E-state index contributed by atoms with van der Waals surface area (Å²) in [6, 6.07) is 3.99. The highest BCUT2D eigenvalue weighted by Gasteiger charge is 2.18. The first-order chi connectivity index (χ1) is 7.54. The standard InChI is InChI=1S/C11H12FNO3/c1-2-9(11(15)16)13-10(14)7-3-5-8(12)6-4-7/h3-6,9H,2H2,1H3,(H,13,14)(H,15,16)/t9-/m1/s1. The summed E-state index contributed by atoms with van der Waals surface area (Å²) >= 11 is 0. The molecule has 0 aliphatic heterocycles. The third kappa shape index (κ3) is 3.05. The first kappa shape index (κ1) is 12.2. The molecule has 0 fully saturated rings. The molecule has 0 aliphatic carbocycles. The van der Waals surface area contributed by atoms with Crippen LogP contribution in [0.15, 0.2) is 24.3 Å². The van der Waals surface area contributed by atoms with Gasteiger partial charge in [0.1, 0.15) is 11.9 Å². The van der Waals surface area contributed by atoms with Crippen molar-refractivity contribution in [2.75, 3.05) is 0 Å². The zero-order valence-electron chi connectivity index (χ0n) is 8.74. The zero-order chi connectivity index (χ0) is 12.1. The highest BCUT2D eigenvalue weighted by atomic mass is 19.1. The van der Waals surface area contributed by atoms with E-state index >= 15 is 0 Å². The van der Waals surface area contributed by atoms with E-state index in [1.807, 2.05) is 0 Å². The molecule has 0 saturated heterocycles. The van der Waals surface area contributed by atoms with Crippen LogP contribution in [0.25, 0.3) is 0 Å². The quantitative estimate of drug-likeness (QED) is 0.814. The van der Waals surface area contributed by atoms with Crippen molar-refractivity contribution in [3.05, 3.63) is 35.6 Å². The summed E-state index contributed by atoms with van der Waals surface area (Å²) in [5.41, 5.74) is 0.237. The summed E-state index contributed by atoms with van der Waals surface area (Å²) < 4.78 is 12.6. The number of carbonyl (C=O) groups excluding carboxylic acids is 1. The lowest BCUT2D eigenvalue weighted by molar-refractivity contribution is -0.139. The van der Waals surface area contributed by atoms with Crippen molar-refractivity contribution in [3.8, 4) is 0 Å². The molecule has 1 atom stereocenters. The van der Waals surface area contributed by atoms with Crippen LogP contribution in [0, 0.1) is 5.82 Å². The van der Waals surface area contributed by atoms with E-state index in [1.54, 1.807) is 6.92 Å². The van der Waals surface area contributed by atoms with Crippen molar-refractivity contribution >= 4 is 11.9 Å². The number of aliphatic carboxylic acids is 1. The van der Waals surface area contributed by atoms with E-state index in [-0.39, 0.29) is 5.56 Å². The van der Waals surface area contributed by atoms with E-state index in [4.69, 9.17) is 5.11 Å². The van der Waals surface area contributed by atoms with E-state index in [0.717, 1.165) is 12.1 Å². The molecule has 0 unspecified atom stereocenters. The van der Waals surface area contributed by atoms with Crippen LogP contribution in [-0.2, 0) is 4.79 Å². The van der Waals surface area contributed by atoms with Gasteiger partial charge in [0.2, 0.25) is 0 Å². The van der Waals surface area contributed by atoms with Gasteiger partial charge in [-0.15, -0.1) is 0 Å². The minimum absolute atomic E-state index is 0.237. The molecule has 0 saturated carbocycles. The average Bonchev–Trinajstić information content (AvgIpc) is 2.26. The molecular weight excluding hydrogens is 213 g/mol. The molecule has 0 radical (unpaired) electrons. The predicted octanol–water partition coefficient (Wildman–Crippen LogP) is 1.42. The van der Waals surface area contributed by atoms with Crippen molar-refractivity contribution < 1.29 is 19.1 Å². The molecular formula is C11H12FNO3. The Balaban J connectivity index is 2.71. The number of hydrogen-bond acceptors (Lipinski definition) is 2. The fraction of sp³-hybridized carbons (Fsp3) is 0.273. The van der Waals surface area contributed by atoms with Gasteiger partial charge in [0.15, 0.2) is 0 Å². The molecule has 5 heteroatoms. The maximum atomic E-state index is 12.6. The van der Waals surface area contributed by atoms with Gasteiger partial charge < -0.3 is 10.4 Å². The summed E-state index contributed by atoms with van der Waals surface area (Å²) in [5.74, 6) is -2.05. The fourth-order valence-corrected chi connectivity index (χ4v) is 1.18. The van der Waals surface area contributed by atoms with Crippen LogP contribution in [0.1, 0.15) is 23.7 Å². The molecule has 0 spiro atoms. The third-order valence-electron chi connectivity index (χ3n) is 2.12. The van der Waals surface area contributed by atoms with Gasteiger partial charge in [-0.05, 0) is 30.7 Å². The minimum atomic E-state index is -1.09. The van der Waals surface area contributed by atoms with E-state index < -0.39 is 23.7 Å². The predicted molar refractivity (Wildman–Crippen MR) is 55.6 cm³/mol. The molecule has 1 amide bonds. The van der Waals surface area contributed by atoms with Gasteiger partial charge in [0.25, 0.3) is 5.91 Å². The summed E-state index contributed by atoms with van der Waals surface area (Å²) in [5, 5.41) is 11.1. The van der Waals surface area contributed by atoms with Crippen LogP contribution in [0.5, 0.6) is 0 Å². The highest BCUT2D eigenvalue weighted by Crippen LogP contribution is 2.03. The maximum Gasteiger partial charge on any atom is 0.326 e. The van der Waals surface area contributed by atoms with Crippen LogP contribution >= 0.6 is 0 Å². The Kier molecular flexibility index (Phi) is 3.99. The van der Waals surface area contributed by atoms with Crippen molar-refractivity contribution in [1.82, 2.24) is 5.32 Å². The van der Waals surface area contributed by atoms with Gasteiger partial charge >= 0.3 is 5.97 Å². The minimum Gasteiger partial charge on any atom is -0.480 e. The summed E-state index contributed by atoms with van der Waals surface area (Å²) in [6.07, 6.45) is 0.294. The third-order valence-corrected chi connectivity index (χ3v) is 2.12. The van der Waals surface area contributed by atoms with Gasteiger partial charge in [0.05, 0.1) is 0 Å². The van der Waals surface area contributed by atoms with E-state index in [2.05, 4.69) is 5.32 Å². The number of carboxylic acid groups (broad SMARTS) is 1. The Morgan fingerprint density at radius 1 is 1.38 bits per heavy atom. The average molecular weight is 225 g/mol. The first-order valence-corrected chi connectivity index (χ1v) is 4.83. The molecule has 1 rings (SSSR count). The number of amides is 1. The second-order valence-corrected chi connectivity index (χ2v) is 3.28. The number of benzene rings is 1. The van der Waals surface area contributed by atoms with Crippen LogP contribution < -0.4 is 5.32 Å². The Labute approximate surface area is 92.1 Å². The Hall–Kier alpha value is -1.91. The van der Waals surface area contributed by atoms with Crippen molar-refractivity contribution in [2.24, 2.45) is 0 Å². The molecule has 4 nitrogen and oxygen atoms in total. The normalized spacial score (nSPS) is 11.9. The number of halogens is 1. The van der Waals surface area contributed by atoms with Crippen LogP contribution in [0.4, 0.5) is 4.39 Å². The van der Waals surface area contributed by atoms with Crippen LogP contribution in [-0.4, -0.2) is 23.0 Å². The van der Waals surface area contributed by atoms with Gasteiger partial charge in [-0.2, -0.15) is 0 Å². The van der Waals surface area contributed by atoms with Crippen LogP contribution in [0.2, 0.25) is 0 Å². The number of hydrogen-bond donors (Lipinski definition) is 2. The summed E-state index contributed by atoms with van der Waals surface area (Å²) in [6.45, 7) is 1.66. The smallest absolute Gasteiger partial charge is 0.326 e. The van der Waals surface area contributed by atoms with Crippen molar-refractivity contribution in [1.29, 1.82) is 0 Å². The van der Waals surface area contributed by atoms with E-state index in [9.17, 15) is 14.0 Å². The Morgan fingerprint density at radius 2 is 1.94 bits per heavy atom. The zero-order valence-corrected chi connectivity index (χ0v) is 8.74. The molecule has 0 bridgehead atoms. The van der Waals surface area contributed by atoms with Gasteiger partial charge in [-0.1, -0.05) is 6.92 Å². The fourth-order valence-electron chi connectivity index (χ4n) is 1.18. The summed E-state index contributed by atoms with van der Waals surface area (Å²) in [4.78, 5) is 22.2. The number of rotatable bonds is 4. The molecule has 0 heterocycles. The second kappa shape index (κ2) is 5.25. The summed E-state index contributed by atoms with van der Waals surface area (Å²) in [7, 11) is 0. The molecule has 0 aliphatic rings. The monoisotopic (exact) mass is 225 g/mol. The van der Waals surface area contributed by atoms with Crippen LogP contribution in [0.3, 0.4) is 0 Å². The van der Waals surface area contributed by atoms with Crippen molar-refractivity contribution in [3.63, 3.8) is 0 Å². The van der Waals surface area contributed by atoms with Crippen molar-refractivity contribution in [2.45, 2.75) is 19.4 Å². The topological polar surface area (TPSA) is 66.4 Å². The second-order valence-electron chi connectivity index (χ2n) is 3.28. The van der Waals surface area contributed by atoms with Gasteiger partial charge in [-0.3, -0.25) is 4.79 Å². The largest absolute Gasteiger partial charge is 0.480 e. The number of nitrogens with one attached hydrogen (secondary N) is 1. The number of carboxylic acids is 1. The Morgan fingerprint density at radius 3 is 2.38 bits per heavy atom. The first-order valence-electron chi connectivity index (χ1n) is 4.83. The van der Waals surface area contributed by atoms with Gasteiger partial charge in [-0.25, -0.2) is 9.18 Å². The molecule has 86 valence electrons. The van der Waals surface area contributed by atoms with E-state index in [0.29, 0.717) is 6.42 Å². The number of carbonyl (C=O) groups is 2. The lowest BCUT2D eigenvalue weighted by Crippen LogP contribution is -2.40. The highest BCUT2D eigenvalue weighted by molar-refractivity contribution is 5.96. The molecule has 16 heavy (non-hydrogen) atoms. The van der Waals surface area contributed by atoms with E-state index in [1.165, 1.54) is 12.1 Å².